The summed E-state index contributed by atoms with van der Waals surface area (Å²) in [6, 6.07) is 0. The molecule has 0 aromatic heterocycles. The number of allylic oxidation sites excluding steroid dienone is 2. The van der Waals surface area contributed by atoms with Gasteiger partial charge in [0.1, 0.15) is 0 Å². The first-order valence-electron chi connectivity index (χ1n) is 11.8. The van der Waals surface area contributed by atoms with Crippen molar-refractivity contribution < 1.29 is 0 Å². The Balaban J connectivity index is 1.59. The highest BCUT2D eigenvalue weighted by molar-refractivity contribution is 5.96. The molecule has 0 saturated heterocycles. The maximum absolute atomic E-state index is 4.83. The van der Waals surface area contributed by atoms with Crippen LogP contribution in [0.5, 0.6) is 0 Å². The average molecular weight is 399 g/mol. The van der Waals surface area contributed by atoms with Crippen LogP contribution in [0.4, 0.5) is 0 Å². The van der Waals surface area contributed by atoms with Crippen molar-refractivity contribution in [3.63, 3.8) is 0 Å². The van der Waals surface area contributed by atoms with Gasteiger partial charge in [-0.05, 0) is 93.0 Å². The predicted octanol–water partition coefficient (Wildman–Crippen LogP) is 5.42. The fourth-order valence-electron chi connectivity index (χ4n) is 7.98. The van der Waals surface area contributed by atoms with Crippen LogP contribution < -0.4 is 0 Å². The quantitative estimate of drug-likeness (QED) is 0.469. The SMILES string of the molecule is CC(=NN(C)C)C1CCC2C3CCC4=CC(=NN(C)C)CCC4(C)C3CCC12C. The standard InChI is InChI=1S/C25H42N4/c1-17(26-28(4)5)21-10-11-22-20-9-8-18-16-19(27-29(6)7)12-14-24(18,2)23(20)13-15-25(21,22)3/h16,20-23H,8-15H2,1-7H3. The van der Waals surface area contributed by atoms with Crippen LogP contribution in [0, 0.1) is 34.5 Å². The van der Waals surface area contributed by atoms with Gasteiger partial charge in [-0.3, -0.25) is 0 Å². The van der Waals surface area contributed by atoms with E-state index in [9.17, 15) is 0 Å². The van der Waals surface area contributed by atoms with Crippen molar-refractivity contribution in [1.29, 1.82) is 0 Å². The minimum atomic E-state index is 0.403. The minimum absolute atomic E-state index is 0.403. The molecule has 6 atom stereocenters. The van der Waals surface area contributed by atoms with E-state index in [1.165, 1.54) is 56.4 Å². The van der Waals surface area contributed by atoms with Gasteiger partial charge in [0.15, 0.2) is 0 Å². The van der Waals surface area contributed by atoms with Crippen LogP contribution >= 0.6 is 0 Å². The van der Waals surface area contributed by atoms with Crippen molar-refractivity contribution in [2.75, 3.05) is 28.2 Å². The Morgan fingerprint density at radius 1 is 0.931 bits per heavy atom. The molecule has 0 N–H and O–H groups in total. The number of nitrogens with zero attached hydrogens (tertiary/aromatic N) is 4. The largest absolute Gasteiger partial charge is 0.303 e. The molecular weight excluding hydrogens is 356 g/mol. The molecule has 0 spiro atoms. The zero-order valence-electron chi connectivity index (χ0n) is 19.8. The first-order valence-corrected chi connectivity index (χ1v) is 11.8. The molecule has 3 saturated carbocycles. The zero-order chi connectivity index (χ0) is 21.0. The zero-order valence-corrected chi connectivity index (χ0v) is 19.8. The minimum Gasteiger partial charge on any atom is -0.303 e. The third kappa shape index (κ3) is 3.45. The van der Waals surface area contributed by atoms with Crippen molar-refractivity contribution >= 4 is 11.4 Å². The summed E-state index contributed by atoms with van der Waals surface area (Å²) in [4.78, 5) is 0. The highest BCUT2D eigenvalue weighted by Gasteiger charge is 2.59. The normalized spacial score (nSPS) is 43.3. The Hall–Kier alpha value is -1.32. The summed E-state index contributed by atoms with van der Waals surface area (Å²) in [5.41, 5.74) is 5.21. The number of hydrazone groups is 2. The average Bonchev–Trinajstić information content (AvgIpc) is 2.98. The van der Waals surface area contributed by atoms with Crippen molar-refractivity contribution in [3.05, 3.63) is 11.6 Å². The van der Waals surface area contributed by atoms with E-state index in [0.29, 0.717) is 16.7 Å². The molecule has 4 aliphatic carbocycles. The maximum atomic E-state index is 4.83. The lowest BCUT2D eigenvalue weighted by Crippen LogP contribution is -2.51. The summed E-state index contributed by atoms with van der Waals surface area (Å²) >= 11 is 0. The highest BCUT2D eigenvalue weighted by atomic mass is 15.4. The van der Waals surface area contributed by atoms with E-state index in [1.807, 2.05) is 24.1 Å². The molecule has 162 valence electrons. The third-order valence-corrected chi connectivity index (χ3v) is 9.17. The number of hydrogen-bond acceptors (Lipinski definition) is 4. The molecule has 4 rings (SSSR count). The Morgan fingerprint density at radius 3 is 2.38 bits per heavy atom. The van der Waals surface area contributed by atoms with Gasteiger partial charge in [-0.1, -0.05) is 19.4 Å². The van der Waals surface area contributed by atoms with Crippen LogP contribution in [0.3, 0.4) is 0 Å². The molecule has 0 heterocycles. The number of rotatable bonds is 3. The molecule has 29 heavy (non-hydrogen) atoms. The summed E-state index contributed by atoms with van der Waals surface area (Å²) < 4.78 is 0. The van der Waals surface area contributed by atoms with Crippen molar-refractivity contribution in [3.8, 4) is 0 Å². The van der Waals surface area contributed by atoms with Gasteiger partial charge in [0.25, 0.3) is 0 Å². The molecule has 3 fully saturated rings. The Bertz CT molecular complexity index is 733. The first kappa shape index (κ1) is 20.9. The fourth-order valence-corrected chi connectivity index (χ4v) is 7.98. The van der Waals surface area contributed by atoms with Crippen LogP contribution in [-0.4, -0.2) is 49.6 Å². The maximum Gasteiger partial charge on any atom is 0.0605 e. The van der Waals surface area contributed by atoms with Crippen molar-refractivity contribution in [2.45, 2.75) is 72.1 Å². The molecule has 6 unspecified atom stereocenters. The van der Waals surface area contributed by atoms with E-state index in [1.54, 1.807) is 5.57 Å². The van der Waals surface area contributed by atoms with Crippen molar-refractivity contribution in [2.24, 2.45) is 44.7 Å². The predicted molar refractivity (Wildman–Crippen MR) is 123 cm³/mol. The molecule has 0 aliphatic heterocycles. The molecule has 0 bridgehead atoms. The van der Waals surface area contributed by atoms with E-state index in [4.69, 9.17) is 10.2 Å². The second-order valence-corrected chi connectivity index (χ2v) is 11.2. The molecule has 0 amide bonds. The number of hydrogen-bond donors (Lipinski definition) is 0. The Labute approximate surface area is 178 Å². The van der Waals surface area contributed by atoms with Crippen LogP contribution in [0.15, 0.2) is 21.9 Å². The summed E-state index contributed by atoms with van der Waals surface area (Å²) in [7, 11) is 8.19. The lowest BCUT2D eigenvalue weighted by Gasteiger charge is -2.58. The summed E-state index contributed by atoms with van der Waals surface area (Å²) in [6.45, 7) is 7.48. The van der Waals surface area contributed by atoms with Gasteiger partial charge < -0.3 is 10.0 Å². The first-order chi connectivity index (χ1) is 13.6. The molecule has 0 aromatic carbocycles. The third-order valence-electron chi connectivity index (χ3n) is 9.17. The van der Waals surface area contributed by atoms with Gasteiger partial charge in [0, 0.05) is 39.8 Å². The van der Waals surface area contributed by atoms with E-state index in [2.05, 4.69) is 40.9 Å². The molecule has 0 aromatic rings. The molecule has 4 heteroatoms. The number of fused-ring (bicyclic) bond motifs is 5. The lowest BCUT2D eigenvalue weighted by molar-refractivity contribution is -0.0408. The second-order valence-electron chi connectivity index (χ2n) is 11.2. The highest BCUT2D eigenvalue weighted by Crippen LogP contribution is 2.66. The topological polar surface area (TPSA) is 31.2 Å². The van der Waals surface area contributed by atoms with Gasteiger partial charge in [0.05, 0.1) is 5.71 Å². The molecule has 4 aliphatic rings. The van der Waals surface area contributed by atoms with Gasteiger partial charge in [0.2, 0.25) is 0 Å². The fraction of sp³-hybridized carbons (Fsp3) is 0.840. The van der Waals surface area contributed by atoms with Crippen LogP contribution in [0.25, 0.3) is 0 Å². The monoisotopic (exact) mass is 398 g/mol. The van der Waals surface area contributed by atoms with Crippen LogP contribution in [-0.2, 0) is 0 Å². The van der Waals surface area contributed by atoms with E-state index in [-0.39, 0.29) is 0 Å². The Morgan fingerprint density at radius 2 is 1.69 bits per heavy atom. The summed E-state index contributed by atoms with van der Waals surface area (Å²) in [5, 5.41) is 13.5. The van der Waals surface area contributed by atoms with Crippen molar-refractivity contribution in [1.82, 2.24) is 10.0 Å². The van der Waals surface area contributed by atoms with Gasteiger partial charge in [-0.15, -0.1) is 0 Å². The molecule has 0 radical (unpaired) electrons. The lowest BCUT2D eigenvalue weighted by atomic mass is 9.46. The Kier molecular flexibility index (Phi) is 5.36. The van der Waals surface area contributed by atoms with E-state index < -0.39 is 0 Å². The van der Waals surface area contributed by atoms with Crippen LogP contribution in [0.1, 0.15) is 72.1 Å². The van der Waals surface area contributed by atoms with Crippen LogP contribution in [0.2, 0.25) is 0 Å². The molecule has 4 nitrogen and oxygen atoms in total. The van der Waals surface area contributed by atoms with E-state index >= 15 is 0 Å². The molecular formula is C25H42N4. The smallest absolute Gasteiger partial charge is 0.0605 e. The van der Waals surface area contributed by atoms with Gasteiger partial charge in [-0.2, -0.15) is 10.2 Å². The van der Waals surface area contributed by atoms with Gasteiger partial charge in [-0.25, -0.2) is 0 Å². The summed E-state index contributed by atoms with van der Waals surface area (Å²) in [6.07, 6.45) is 13.1. The summed E-state index contributed by atoms with van der Waals surface area (Å²) in [5.74, 6) is 3.33. The second kappa shape index (κ2) is 7.42. The van der Waals surface area contributed by atoms with E-state index in [0.717, 1.165) is 24.2 Å². The van der Waals surface area contributed by atoms with Gasteiger partial charge >= 0.3 is 0 Å².